The molecule has 2 rings (SSSR count). The normalized spacial score (nSPS) is 17.4. The van der Waals surface area contributed by atoms with Gasteiger partial charge in [-0.05, 0) is 32.3 Å². The number of aromatic nitrogens is 2. The molecule has 1 fully saturated rings. The predicted octanol–water partition coefficient (Wildman–Crippen LogP) is 1.21. The summed E-state index contributed by atoms with van der Waals surface area (Å²) < 4.78 is 1.98. The van der Waals surface area contributed by atoms with Crippen molar-refractivity contribution >= 4 is 0 Å². The first-order valence-electron chi connectivity index (χ1n) is 6.67. The van der Waals surface area contributed by atoms with Gasteiger partial charge in [-0.3, -0.25) is 4.68 Å². The summed E-state index contributed by atoms with van der Waals surface area (Å²) in [5, 5.41) is 11.5. The Hall–Kier alpha value is -0.870. The van der Waals surface area contributed by atoms with Crippen molar-refractivity contribution < 1.29 is 0 Å². The van der Waals surface area contributed by atoms with Crippen LogP contribution in [0.2, 0.25) is 0 Å². The summed E-state index contributed by atoms with van der Waals surface area (Å²) in [5.41, 5.74) is 2.44. The van der Waals surface area contributed by atoms with Crippen LogP contribution in [-0.2, 0) is 20.0 Å². The second-order valence-electron chi connectivity index (χ2n) is 5.07. The highest BCUT2D eigenvalue weighted by molar-refractivity contribution is 5.10. The molecule has 0 aliphatic heterocycles. The fourth-order valence-electron chi connectivity index (χ4n) is 1.89. The van der Waals surface area contributed by atoms with Gasteiger partial charge in [0.15, 0.2) is 0 Å². The van der Waals surface area contributed by atoms with E-state index in [4.69, 9.17) is 0 Å². The van der Waals surface area contributed by atoms with Crippen LogP contribution in [0.5, 0.6) is 0 Å². The van der Waals surface area contributed by atoms with Crippen molar-refractivity contribution in [3.63, 3.8) is 0 Å². The molecule has 0 bridgehead atoms. The van der Waals surface area contributed by atoms with Gasteiger partial charge in [-0.2, -0.15) is 5.10 Å². The molecule has 1 unspecified atom stereocenters. The lowest BCUT2D eigenvalue weighted by Crippen LogP contribution is -2.37. The van der Waals surface area contributed by atoms with Crippen molar-refractivity contribution in [2.45, 2.75) is 51.7 Å². The zero-order chi connectivity index (χ0) is 12.3. The van der Waals surface area contributed by atoms with Gasteiger partial charge in [0.2, 0.25) is 0 Å². The summed E-state index contributed by atoms with van der Waals surface area (Å²) >= 11 is 0. The van der Waals surface area contributed by atoms with E-state index >= 15 is 0 Å². The van der Waals surface area contributed by atoms with Gasteiger partial charge >= 0.3 is 0 Å². The Morgan fingerprint density at radius 3 is 2.88 bits per heavy atom. The molecule has 96 valence electrons. The lowest BCUT2D eigenvalue weighted by atomic mass is 10.3. The Morgan fingerprint density at radius 1 is 1.53 bits per heavy atom. The highest BCUT2D eigenvalue weighted by Gasteiger charge is 2.20. The van der Waals surface area contributed by atoms with Gasteiger partial charge in [-0.1, -0.05) is 6.92 Å². The van der Waals surface area contributed by atoms with E-state index < -0.39 is 0 Å². The fraction of sp³-hybridized carbons (Fsp3) is 0.769. The number of nitrogens with one attached hydrogen (secondary N) is 2. The third-order valence-corrected chi connectivity index (χ3v) is 3.31. The molecule has 1 aromatic heterocycles. The van der Waals surface area contributed by atoms with Crippen molar-refractivity contribution in [1.82, 2.24) is 20.4 Å². The number of rotatable bonds is 7. The van der Waals surface area contributed by atoms with Gasteiger partial charge in [0.05, 0.1) is 11.4 Å². The van der Waals surface area contributed by atoms with E-state index in [1.54, 1.807) is 0 Å². The maximum atomic E-state index is 4.45. The zero-order valence-corrected chi connectivity index (χ0v) is 11.2. The molecule has 0 spiro atoms. The summed E-state index contributed by atoms with van der Waals surface area (Å²) in [4.78, 5) is 0. The molecule has 0 saturated heterocycles. The molecular formula is C13H24N4. The molecule has 0 amide bonds. The van der Waals surface area contributed by atoms with Gasteiger partial charge in [0.25, 0.3) is 0 Å². The lowest BCUT2D eigenvalue weighted by molar-refractivity contribution is 0.488. The second-order valence-corrected chi connectivity index (χ2v) is 5.07. The highest BCUT2D eigenvalue weighted by atomic mass is 15.3. The van der Waals surface area contributed by atoms with E-state index in [0.717, 1.165) is 25.6 Å². The van der Waals surface area contributed by atoms with Crippen LogP contribution in [0.25, 0.3) is 0 Å². The Kier molecular flexibility index (Phi) is 4.18. The molecule has 1 atom stereocenters. The van der Waals surface area contributed by atoms with Crippen molar-refractivity contribution in [1.29, 1.82) is 0 Å². The standard InChI is InChI=1S/C13H24N4/c1-4-11-7-13(17(3)16-11)9-14-10(2)8-15-12-5-6-12/h7,10,12,14-15H,4-6,8-9H2,1-3H3. The van der Waals surface area contributed by atoms with E-state index in [1.165, 1.54) is 24.2 Å². The molecule has 1 heterocycles. The van der Waals surface area contributed by atoms with Crippen LogP contribution < -0.4 is 10.6 Å². The minimum Gasteiger partial charge on any atom is -0.312 e. The monoisotopic (exact) mass is 236 g/mol. The summed E-state index contributed by atoms with van der Waals surface area (Å²) in [5.74, 6) is 0. The molecule has 0 radical (unpaired) electrons. The maximum absolute atomic E-state index is 4.45. The first-order valence-corrected chi connectivity index (χ1v) is 6.67. The molecule has 4 nitrogen and oxygen atoms in total. The van der Waals surface area contributed by atoms with Crippen LogP contribution in [0.3, 0.4) is 0 Å². The minimum atomic E-state index is 0.510. The van der Waals surface area contributed by atoms with E-state index in [-0.39, 0.29) is 0 Å². The van der Waals surface area contributed by atoms with E-state index in [2.05, 4.69) is 35.6 Å². The van der Waals surface area contributed by atoms with Crippen LogP contribution in [0.4, 0.5) is 0 Å². The van der Waals surface area contributed by atoms with Crippen LogP contribution in [0.15, 0.2) is 6.07 Å². The summed E-state index contributed by atoms with van der Waals surface area (Å²) in [7, 11) is 2.02. The Morgan fingerprint density at radius 2 is 2.29 bits per heavy atom. The van der Waals surface area contributed by atoms with Crippen molar-refractivity contribution in [2.75, 3.05) is 6.54 Å². The smallest absolute Gasteiger partial charge is 0.0625 e. The Labute approximate surface area is 104 Å². The van der Waals surface area contributed by atoms with Crippen molar-refractivity contribution in [3.05, 3.63) is 17.5 Å². The van der Waals surface area contributed by atoms with E-state index in [9.17, 15) is 0 Å². The number of hydrogen-bond acceptors (Lipinski definition) is 3. The third-order valence-electron chi connectivity index (χ3n) is 3.31. The van der Waals surface area contributed by atoms with E-state index in [1.807, 2.05) is 11.7 Å². The summed E-state index contributed by atoms with van der Waals surface area (Å²) in [6, 6.07) is 3.49. The third kappa shape index (κ3) is 3.82. The molecule has 17 heavy (non-hydrogen) atoms. The first kappa shape index (κ1) is 12.6. The zero-order valence-electron chi connectivity index (χ0n) is 11.2. The van der Waals surface area contributed by atoms with Crippen LogP contribution in [-0.4, -0.2) is 28.4 Å². The molecule has 0 aromatic carbocycles. The highest BCUT2D eigenvalue weighted by Crippen LogP contribution is 2.18. The first-order chi connectivity index (χ1) is 8.19. The fourth-order valence-corrected chi connectivity index (χ4v) is 1.89. The van der Waals surface area contributed by atoms with Crippen LogP contribution in [0, 0.1) is 0 Å². The van der Waals surface area contributed by atoms with Crippen LogP contribution in [0.1, 0.15) is 38.1 Å². The summed E-state index contributed by atoms with van der Waals surface area (Å²) in [6.45, 7) is 6.33. The SMILES string of the molecule is CCc1cc(CNC(C)CNC2CC2)n(C)n1. The average Bonchev–Trinajstić information content (AvgIpc) is 3.07. The van der Waals surface area contributed by atoms with Gasteiger partial charge in [0.1, 0.15) is 0 Å². The molecule has 1 saturated carbocycles. The largest absolute Gasteiger partial charge is 0.312 e. The molecule has 2 N–H and O–H groups in total. The van der Waals surface area contributed by atoms with E-state index in [0.29, 0.717) is 6.04 Å². The lowest BCUT2D eigenvalue weighted by Gasteiger charge is -2.14. The molecule has 1 aliphatic carbocycles. The topological polar surface area (TPSA) is 41.9 Å². The molecular weight excluding hydrogens is 212 g/mol. The number of nitrogens with zero attached hydrogens (tertiary/aromatic N) is 2. The predicted molar refractivity (Wildman–Crippen MR) is 69.9 cm³/mol. The second kappa shape index (κ2) is 5.65. The van der Waals surface area contributed by atoms with Crippen LogP contribution >= 0.6 is 0 Å². The maximum Gasteiger partial charge on any atom is 0.0625 e. The van der Waals surface area contributed by atoms with Gasteiger partial charge < -0.3 is 10.6 Å². The van der Waals surface area contributed by atoms with Crippen molar-refractivity contribution in [3.8, 4) is 0 Å². The van der Waals surface area contributed by atoms with Gasteiger partial charge in [-0.25, -0.2) is 0 Å². The quantitative estimate of drug-likeness (QED) is 0.748. The van der Waals surface area contributed by atoms with Gasteiger partial charge in [0, 0.05) is 32.2 Å². The molecule has 1 aliphatic rings. The molecule has 1 aromatic rings. The number of hydrogen-bond donors (Lipinski definition) is 2. The van der Waals surface area contributed by atoms with Crippen molar-refractivity contribution in [2.24, 2.45) is 7.05 Å². The molecule has 4 heteroatoms. The number of aryl methyl sites for hydroxylation is 2. The van der Waals surface area contributed by atoms with Gasteiger partial charge in [-0.15, -0.1) is 0 Å². The Bertz CT molecular complexity index is 354. The minimum absolute atomic E-state index is 0.510. The average molecular weight is 236 g/mol. The Balaban J connectivity index is 1.73. The summed E-state index contributed by atoms with van der Waals surface area (Å²) in [6.07, 6.45) is 3.72.